The van der Waals surface area contributed by atoms with Crippen molar-refractivity contribution in [2.45, 2.75) is 43.7 Å². The van der Waals surface area contributed by atoms with Crippen LogP contribution in [0.15, 0.2) is 47.4 Å². The minimum atomic E-state index is -3.89. The Morgan fingerprint density at radius 1 is 1.18 bits per heavy atom. The van der Waals surface area contributed by atoms with Gasteiger partial charge in [0.1, 0.15) is 22.6 Å². The SMILES string of the molecule is C[C@@H]1CN([C@H](C)CO)S(=O)(=O)c2ccc(-c3cccc(F)c3)cc2O[C@H]1CN(C)CC1CC1. The van der Waals surface area contributed by atoms with Gasteiger partial charge in [-0.05, 0) is 68.1 Å². The number of halogens is 1. The number of aliphatic hydroxyl groups excluding tert-OH is 1. The van der Waals surface area contributed by atoms with Gasteiger partial charge in [0.25, 0.3) is 0 Å². The van der Waals surface area contributed by atoms with Gasteiger partial charge in [-0.3, -0.25) is 0 Å². The molecule has 0 unspecified atom stereocenters. The van der Waals surface area contributed by atoms with E-state index in [0.29, 0.717) is 17.7 Å². The highest BCUT2D eigenvalue weighted by atomic mass is 32.2. The van der Waals surface area contributed by atoms with Crippen molar-refractivity contribution in [2.75, 3.05) is 33.3 Å². The van der Waals surface area contributed by atoms with Gasteiger partial charge in [-0.25, -0.2) is 12.8 Å². The van der Waals surface area contributed by atoms with Crippen LogP contribution in [0.3, 0.4) is 0 Å². The van der Waals surface area contributed by atoms with E-state index < -0.39 is 16.1 Å². The van der Waals surface area contributed by atoms with E-state index in [9.17, 15) is 17.9 Å². The summed E-state index contributed by atoms with van der Waals surface area (Å²) in [7, 11) is -1.82. The maximum Gasteiger partial charge on any atom is 0.247 e. The molecule has 180 valence electrons. The molecule has 6 nitrogen and oxygen atoms in total. The van der Waals surface area contributed by atoms with Crippen molar-refractivity contribution in [3.8, 4) is 16.9 Å². The highest BCUT2D eigenvalue weighted by Crippen LogP contribution is 2.37. The van der Waals surface area contributed by atoms with E-state index >= 15 is 0 Å². The first-order valence-corrected chi connectivity index (χ1v) is 13.0. The van der Waals surface area contributed by atoms with Crippen LogP contribution >= 0.6 is 0 Å². The molecule has 2 aromatic carbocycles. The first-order chi connectivity index (χ1) is 15.7. The Balaban J connectivity index is 1.75. The van der Waals surface area contributed by atoms with Crippen LogP contribution in [0.2, 0.25) is 0 Å². The number of nitrogens with zero attached hydrogens (tertiary/aromatic N) is 2. The Hall–Kier alpha value is -2.00. The van der Waals surface area contributed by atoms with Gasteiger partial charge in [0.15, 0.2) is 0 Å². The van der Waals surface area contributed by atoms with Crippen molar-refractivity contribution in [1.82, 2.24) is 9.21 Å². The molecule has 2 aliphatic rings. The molecule has 33 heavy (non-hydrogen) atoms. The molecule has 1 fully saturated rings. The molecule has 4 rings (SSSR count). The number of hydrogen-bond donors (Lipinski definition) is 1. The van der Waals surface area contributed by atoms with Crippen LogP contribution in [-0.2, 0) is 10.0 Å². The van der Waals surface area contributed by atoms with E-state index in [1.54, 1.807) is 31.2 Å². The van der Waals surface area contributed by atoms with Crippen LogP contribution in [0.25, 0.3) is 11.1 Å². The fraction of sp³-hybridized carbons (Fsp3) is 0.520. The molecule has 1 N–H and O–H groups in total. The number of hydrogen-bond acceptors (Lipinski definition) is 5. The lowest BCUT2D eigenvalue weighted by Gasteiger charge is -2.37. The number of likely N-dealkylation sites (N-methyl/N-ethyl adjacent to an activating group) is 1. The van der Waals surface area contributed by atoms with Gasteiger partial charge in [-0.15, -0.1) is 0 Å². The van der Waals surface area contributed by atoms with Crippen molar-refractivity contribution in [3.63, 3.8) is 0 Å². The quantitative estimate of drug-likeness (QED) is 0.661. The number of benzene rings is 2. The molecule has 0 aromatic heterocycles. The summed E-state index contributed by atoms with van der Waals surface area (Å²) in [4.78, 5) is 2.33. The van der Waals surface area contributed by atoms with Gasteiger partial charge >= 0.3 is 0 Å². The van der Waals surface area contributed by atoms with Crippen LogP contribution < -0.4 is 4.74 Å². The zero-order valence-corrected chi connectivity index (χ0v) is 20.3. The molecule has 0 bridgehead atoms. The fourth-order valence-electron chi connectivity index (χ4n) is 4.41. The molecule has 8 heteroatoms. The first kappa shape index (κ1) is 24.1. The summed E-state index contributed by atoms with van der Waals surface area (Å²) < 4.78 is 48.8. The second-order valence-electron chi connectivity index (χ2n) is 9.58. The van der Waals surface area contributed by atoms with Crippen molar-refractivity contribution in [2.24, 2.45) is 11.8 Å². The molecule has 0 amide bonds. The molecule has 3 atom stereocenters. The van der Waals surface area contributed by atoms with Gasteiger partial charge in [0.2, 0.25) is 10.0 Å². The zero-order chi connectivity index (χ0) is 23.8. The standard InChI is InChI=1S/C25H33FN2O4S/c1-17-13-28(18(2)16-29)33(30,31)25-10-9-21(20-5-4-6-22(26)11-20)12-23(25)32-24(17)15-27(3)14-19-7-8-19/h4-6,9-12,17-19,24,29H,7-8,13-16H2,1-3H3/t17-,18-,24+/m1/s1. The smallest absolute Gasteiger partial charge is 0.247 e. The minimum Gasteiger partial charge on any atom is -0.487 e. The maximum absolute atomic E-state index is 13.8. The second kappa shape index (κ2) is 9.70. The van der Waals surface area contributed by atoms with E-state index in [1.165, 1.54) is 35.3 Å². The molecule has 0 radical (unpaired) electrons. The third-order valence-corrected chi connectivity index (χ3v) is 8.60. The monoisotopic (exact) mass is 476 g/mol. The summed E-state index contributed by atoms with van der Waals surface area (Å²) in [6, 6.07) is 10.5. The van der Waals surface area contributed by atoms with E-state index in [2.05, 4.69) is 11.9 Å². The van der Waals surface area contributed by atoms with Crippen molar-refractivity contribution in [3.05, 3.63) is 48.3 Å². The lowest BCUT2D eigenvalue weighted by atomic mass is 10.0. The highest BCUT2D eigenvalue weighted by Gasteiger charge is 2.38. The van der Waals surface area contributed by atoms with Crippen LogP contribution in [0.5, 0.6) is 5.75 Å². The molecule has 2 aromatic rings. The Kier molecular flexibility index (Phi) is 7.09. The number of ether oxygens (including phenoxy) is 1. The van der Waals surface area contributed by atoms with E-state index in [4.69, 9.17) is 4.74 Å². The summed E-state index contributed by atoms with van der Waals surface area (Å²) in [5.41, 5.74) is 1.33. The number of aliphatic hydroxyl groups is 1. The molecule has 0 spiro atoms. The highest BCUT2D eigenvalue weighted by molar-refractivity contribution is 7.89. The van der Waals surface area contributed by atoms with Gasteiger partial charge in [-0.2, -0.15) is 4.31 Å². The van der Waals surface area contributed by atoms with Crippen molar-refractivity contribution >= 4 is 10.0 Å². The molecule has 1 aliphatic carbocycles. The molecule has 0 saturated heterocycles. The Morgan fingerprint density at radius 2 is 1.91 bits per heavy atom. The second-order valence-corrected chi connectivity index (χ2v) is 11.4. The number of rotatable bonds is 7. The molecule has 1 heterocycles. The molecular weight excluding hydrogens is 443 g/mol. The Bertz CT molecular complexity index is 1090. The summed E-state index contributed by atoms with van der Waals surface area (Å²) in [6.07, 6.45) is 2.27. The maximum atomic E-state index is 13.8. The molecular formula is C25H33FN2O4S. The topological polar surface area (TPSA) is 70.1 Å². The lowest BCUT2D eigenvalue weighted by Crippen LogP contribution is -2.49. The van der Waals surface area contributed by atoms with Gasteiger partial charge in [0, 0.05) is 31.6 Å². The van der Waals surface area contributed by atoms with Crippen molar-refractivity contribution < 1.29 is 22.7 Å². The van der Waals surface area contributed by atoms with Crippen LogP contribution in [0, 0.1) is 17.7 Å². The first-order valence-electron chi connectivity index (χ1n) is 11.6. The van der Waals surface area contributed by atoms with Gasteiger partial charge in [-0.1, -0.05) is 25.1 Å². The Labute approximate surface area is 196 Å². The minimum absolute atomic E-state index is 0.0738. The Morgan fingerprint density at radius 3 is 2.58 bits per heavy atom. The molecule has 1 saturated carbocycles. The summed E-state index contributed by atoms with van der Waals surface area (Å²) in [5.74, 6) is 0.547. The fourth-order valence-corrected chi connectivity index (χ4v) is 6.24. The predicted octanol–water partition coefficient (Wildman–Crippen LogP) is 3.60. The van der Waals surface area contributed by atoms with Crippen LogP contribution in [-0.4, -0.2) is 68.2 Å². The average Bonchev–Trinajstić information content (AvgIpc) is 3.59. The van der Waals surface area contributed by atoms with E-state index in [0.717, 1.165) is 12.5 Å². The van der Waals surface area contributed by atoms with Gasteiger partial charge in [0.05, 0.1) is 6.61 Å². The van der Waals surface area contributed by atoms with Crippen molar-refractivity contribution in [1.29, 1.82) is 0 Å². The third-order valence-electron chi connectivity index (χ3n) is 6.58. The average molecular weight is 477 g/mol. The zero-order valence-electron chi connectivity index (χ0n) is 19.4. The number of sulfonamides is 1. The summed E-state index contributed by atoms with van der Waals surface area (Å²) in [6.45, 7) is 5.36. The normalized spacial score (nSPS) is 23.9. The molecule has 1 aliphatic heterocycles. The van der Waals surface area contributed by atoms with Gasteiger partial charge < -0.3 is 14.7 Å². The summed E-state index contributed by atoms with van der Waals surface area (Å²) >= 11 is 0. The van der Waals surface area contributed by atoms with E-state index in [-0.39, 0.29) is 41.6 Å². The summed E-state index contributed by atoms with van der Waals surface area (Å²) in [5, 5.41) is 9.77. The predicted molar refractivity (Wildman–Crippen MR) is 126 cm³/mol. The van der Waals surface area contributed by atoms with E-state index in [1.807, 2.05) is 6.92 Å². The largest absolute Gasteiger partial charge is 0.487 e. The van der Waals surface area contributed by atoms with Crippen LogP contribution in [0.4, 0.5) is 4.39 Å². The lowest BCUT2D eigenvalue weighted by molar-refractivity contribution is 0.0741. The third kappa shape index (κ3) is 5.40. The number of fused-ring (bicyclic) bond motifs is 1. The van der Waals surface area contributed by atoms with Crippen LogP contribution in [0.1, 0.15) is 26.7 Å².